The van der Waals surface area contributed by atoms with E-state index in [1.165, 1.54) is 6.08 Å². The maximum atomic E-state index is 12.7. The van der Waals surface area contributed by atoms with Crippen molar-refractivity contribution < 1.29 is 23.7 Å². The Morgan fingerprint density at radius 1 is 0.867 bits per heavy atom. The van der Waals surface area contributed by atoms with Gasteiger partial charge in [-0.1, -0.05) is 32.9 Å². The normalized spacial score (nSPS) is 10.8. The highest BCUT2D eigenvalue weighted by Gasteiger charge is 2.13. The topological polar surface area (TPSA) is 54.0 Å². The summed E-state index contributed by atoms with van der Waals surface area (Å²) in [6.45, 7) is 7.91. The molecule has 30 heavy (non-hydrogen) atoms. The fourth-order valence-electron chi connectivity index (χ4n) is 2.76. The van der Waals surface area contributed by atoms with Gasteiger partial charge in [-0.2, -0.15) is 0 Å². The number of ether oxygens (including phenoxy) is 4. The number of hydrogen-bond acceptors (Lipinski definition) is 5. The molecule has 2 rings (SSSR count). The lowest BCUT2D eigenvalue weighted by Crippen LogP contribution is -2.02. The summed E-state index contributed by atoms with van der Waals surface area (Å²) in [7, 11) is 1.60. The predicted molar refractivity (Wildman–Crippen MR) is 120 cm³/mol. The van der Waals surface area contributed by atoms with E-state index in [-0.39, 0.29) is 5.78 Å². The van der Waals surface area contributed by atoms with E-state index in [0.29, 0.717) is 48.4 Å². The second kappa shape index (κ2) is 12.6. The van der Waals surface area contributed by atoms with Gasteiger partial charge < -0.3 is 18.9 Å². The zero-order valence-corrected chi connectivity index (χ0v) is 18.4. The molecule has 0 radical (unpaired) electrons. The van der Waals surface area contributed by atoms with Gasteiger partial charge in [0.05, 0.1) is 26.9 Å². The van der Waals surface area contributed by atoms with Crippen LogP contribution >= 0.6 is 0 Å². The third-order valence-electron chi connectivity index (χ3n) is 4.21. The number of rotatable bonds is 13. The lowest BCUT2D eigenvalue weighted by atomic mass is 10.1. The van der Waals surface area contributed by atoms with Crippen molar-refractivity contribution in [1.29, 1.82) is 0 Å². The van der Waals surface area contributed by atoms with Crippen LogP contribution in [-0.2, 0) is 0 Å². The van der Waals surface area contributed by atoms with Crippen LogP contribution in [0.4, 0.5) is 0 Å². The Morgan fingerprint density at radius 3 is 2.20 bits per heavy atom. The molecule has 0 amide bonds. The third-order valence-corrected chi connectivity index (χ3v) is 4.21. The summed E-state index contributed by atoms with van der Waals surface area (Å²) in [6, 6.07) is 10.9. The van der Waals surface area contributed by atoms with Crippen LogP contribution in [0.3, 0.4) is 0 Å². The van der Waals surface area contributed by atoms with Crippen molar-refractivity contribution in [3.63, 3.8) is 0 Å². The van der Waals surface area contributed by atoms with Crippen LogP contribution in [0.15, 0.2) is 42.5 Å². The van der Waals surface area contributed by atoms with Crippen molar-refractivity contribution in [2.24, 2.45) is 0 Å². The van der Waals surface area contributed by atoms with Gasteiger partial charge in [0, 0.05) is 17.2 Å². The van der Waals surface area contributed by atoms with Crippen molar-refractivity contribution >= 4 is 11.9 Å². The molecule has 0 spiro atoms. The molecule has 0 bridgehead atoms. The molecule has 0 atom stereocenters. The van der Waals surface area contributed by atoms with Gasteiger partial charge >= 0.3 is 0 Å². The first-order valence-electron chi connectivity index (χ1n) is 10.6. The highest BCUT2D eigenvalue weighted by atomic mass is 16.5. The van der Waals surface area contributed by atoms with Crippen molar-refractivity contribution in [2.75, 3.05) is 26.9 Å². The number of carbonyl (C=O) groups excluding carboxylic acids is 1. The van der Waals surface area contributed by atoms with Crippen molar-refractivity contribution in [2.45, 2.75) is 40.0 Å². The second-order valence-electron chi connectivity index (χ2n) is 6.81. The van der Waals surface area contributed by atoms with Crippen LogP contribution in [0.25, 0.3) is 6.08 Å². The average molecular weight is 413 g/mol. The number of ketones is 1. The molecule has 0 fully saturated rings. The molecule has 0 aromatic heterocycles. The zero-order valence-electron chi connectivity index (χ0n) is 18.4. The highest BCUT2D eigenvalue weighted by molar-refractivity contribution is 6.07. The number of allylic oxidation sites excluding steroid dienone is 1. The summed E-state index contributed by atoms with van der Waals surface area (Å²) in [5, 5.41) is 0. The smallest absolute Gasteiger partial charge is 0.185 e. The summed E-state index contributed by atoms with van der Waals surface area (Å²) in [5.74, 6) is 2.45. The maximum absolute atomic E-state index is 12.7. The quantitative estimate of drug-likeness (QED) is 0.300. The zero-order chi connectivity index (χ0) is 21.8. The van der Waals surface area contributed by atoms with Crippen LogP contribution in [-0.4, -0.2) is 32.7 Å². The summed E-state index contributed by atoms with van der Waals surface area (Å²) in [4.78, 5) is 12.7. The van der Waals surface area contributed by atoms with E-state index < -0.39 is 0 Å². The van der Waals surface area contributed by atoms with Crippen LogP contribution in [0.2, 0.25) is 0 Å². The number of benzene rings is 2. The summed E-state index contributed by atoms with van der Waals surface area (Å²) < 4.78 is 22.8. The Kier molecular flexibility index (Phi) is 9.78. The van der Waals surface area contributed by atoms with Crippen LogP contribution in [0.1, 0.15) is 56.0 Å². The minimum absolute atomic E-state index is 0.114. The minimum atomic E-state index is -0.114. The molecule has 0 aliphatic heterocycles. The Hall–Kier alpha value is -2.95. The second-order valence-corrected chi connectivity index (χ2v) is 6.81. The molecule has 0 aliphatic carbocycles. The average Bonchev–Trinajstić information content (AvgIpc) is 2.78. The van der Waals surface area contributed by atoms with E-state index in [0.717, 1.165) is 24.8 Å². The van der Waals surface area contributed by atoms with Crippen LogP contribution in [0, 0.1) is 0 Å². The molecule has 5 heteroatoms. The van der Waals surface area contributed by atoms with E-state index in [4.69, 9.17) is 18.9 Å². The molecule has 0 saturated heterocycles. The van der Waals surface area contributed by atoms with E-state index in [9.17, 15) is 4.79 Å². The predicted octanol–water partition coefficient (Wildman–Crippen LogP) is 5.96. The van der Waals surface area contributed by atoms with Crippen LogP contribution in [0.5, 0.6) is 23.0 Å². The molecule has 0 heterocycles. The van der Waals surface area contributed by atoms with Gasteiger partial charge in [-0.05, 0) is 49.6 Å². The minimum Gasteiger partial charge on any atom is -0.494 e. The number of carbonyl (C=O) groups is 1. The molecule has 0 aliphatic rings. The first-order valence-corrected chi connectivity index (χ1v) is 10.6. The standard InChI is InChI=1S/C25H32O5/c1-5-13-28-21-10-8-9-19(16-21)23(26)12-11-20-17-22(29-14-6-2)18-24(27-4)25(20)30-15-7-3/h8-12,16-18H,5-7,13-15H2,1-4H3. The molecule has 0 N–H and O–H groups in total. The Bertz CT molecular complexity index is 841. The molecule has 2 aromatic rings. The molecule has 2 aromatic carbocycles. The van der Waals surface area contributed by atoms with Crippen LogP contribution < -0.4 is 18.9 Å². The molecule has 0 unspecified atom stereocenters. The first kappa shape index (κ1) is 23.3. The number of methoxy groups -OCH3 is 1. The van der Waals surface area contributed by atoms with Gasteiger partial charge in [0.15, 0.2) is 17.3 Å². The van der Waals surface area contributed by atoms with Gasteiger partial charge in [-0.25, -0.2) is 0 Å². The Morgan fingerprint density at radius 2 is 1.53 bits per heavy atom. The summed E-state index contributed by atoms with van der Waals surface area (Å²) in [5.41, 5.74) is 1.31. The molecule has 162 valence electrons. The van der Waals surface area contributed by atoms with Crippen molar-refractivity contribution in [3.8, 4) is 23.0 Å². The Balaban J connectivity index is 2.31. The maximum Gasteiger partial charge on any atom is 0.185 e. The lowest BCUT2D eigenvalue weighted by Gasteiger charge is -2.15. The molecule has 0 saturated carbocycles. The molecular formula is C25H32O5. The van der Waals surface area contributed by atoms with Gasteiger partial charge in [0.1, 0.15) is 11.5 Å². The Labute approximate surface area is 179 Å². The molecule has 5 nitrogen and oxygen atoms in total. The van der Waals surface area contributed by atoms with E-state index >= 15 is 0 Å². The third kappa shape index (κ3) is 6.83. The first-order chi connectivity index (χ1) is 14.6. The van der Waals surface area contributed by atoms with E-state index in [2.05, 4.69) is 0 Å². The fourth-order valence-corrected chi connectivity index (χ4v) is 2.76. The monoisotopic (exact) mass is 412 g/mol. The SMILES string of the molecule is CCCOc1cccc(C(=O)C=Cc2cc(OCCC)cc(OC)c2OCCC)c1. The van der Waals surface area contributed by atoms with Crippen molar-refractivity contribution in [3.05, 3.63) is 53.6 Å². The van der Waals surface area contributed by atoms with Crippen molar-refractivity contribution in [1.82, 2.24) is 0 Å². The van der Waals surface area contributed by atoms with Gasteiger partial charge in [0.25, 0.3) is 0 Å². The fraction of sp³-hybridized carbons (Fsp3) is 0.400. The summed E-state index contributed by atoms with van der Waals surface area (Å²) in [6.07, 6.45) is 5.96. The van der Waals surface area contributed by atoms with Gasteiger partial charge in [-0.3, -0.25) is 4.79 Å². The lowest BCUT2D eigenvalue weighted by molar-refractivity contribution is 0.104. The largest absolute Gasteiger partial charge is 0.494 e. The number of hydrogen-bond donors (Lipinski definition) is 0. The van der Waals surface area contributed by atoms with E-state index in [1.807, 2.05) is 45.0 Å². The van der Waals surface area contributed by atoms with E-state index in [1.54, 1.807) is 25.3 Å². The molecular weight excluding hydrogens is 380 g/mol. The highest BCUT2D eigenvalue weighted by Crippen LogP contribution is 2.37. The van der Waals surface area contributed by atoms with Gasteiger partial charge in [-0.15, -0.1) is 0 Å². The summed E-state index contributed by atoms with van der Waals surface area (Å²) >= 11 is 0. The van der Waals surface area contributed by atoms with Gasteiger partial charge in [0.2, 0.25) is 0 Å².